The summed E-state index contributed by atoms with van der Waals surface area (Å²) in [6.45, 7) is 4.44. The molecule has 0 bridgehead atoms. The first-order chi connectivity index (χ1) is 18.0. The Bertz CT molecular complexity index is 1340. The molecule has 38 heavy (non-hydrogen) atoms. The largest absolute Gasteiger partial charge is 0.490 e. The fraction of sp³-hybridized carbons (Fsp3) is 0.269. The summed E-state index contributed by atoms with van der Waals surface area (Å²) in [5.74, 6) is -3.27. The van der Waals surface area contributed by atoms with E-state index < -0.39 is 18.1 Å². The summed E-state index contributed by atoms with van der Waals surface area (Å²) in [5.41, 5.74) is 11.5. The molecule has 2 aliphatic heterocycles. The van der Waals surface area contributed by atoms with Crippen LogP contribution in [0.25, 0.3) is 22.3 Å². The number of aliphatic carboxylic acids is 1. The van der Waals surface area contributed by atoms with Crippen LogP contribution in [-0.4, -0.2) is 60.9 Å². The Hall–Kier alpha value is -4.19. The third kappa shape index (κ3) is 6.02. The van der Waals surface area contributed by atoms with E-state index in [-0.39, 0.29) is 11.7 Å². The van der Waals surface area contributed by atoms with Crippen molar-refractivity contribution in [3.63, 3.8) is 0 Å². The van der Waals surface area contributed by atoms with Gasteiger partial charge in [0, 0.05) is 55.1 Å². The lowest BCUT2D eigenvalue weighted by Crippen LogP contribution is -2.43. The number of alkyl halides is 3. The highest BCUT2D eigenvalue weighted by Gasteiger charge is 2.38. The number of carbonyl (C=O) groups excluding carboxylic acids is 1. The molecule has 1 aromatic heterocycles. The van der Waals surface area contributed by atoms with Crippen LogP contribution >= 0.6 is 0 Å². The Balaban J connectivity index is 0.000000426. The van der Waals surface area contributed by atoms with E-state index in [2.05, 4.69) is 20.5 Å². The first-order valence-electron chi connectivity index (χ1n) is 11.8. The number of carboxylic acids is 1. The minimum Gasteiger partial charge on any atom is -0.475 e. The standard InChI is InChI=1S/C24H24FN5O.C2HF3O2/c25-22-20(15-1-4-18(5-2-15)30-11-9-27-10-12-30)14-21(23(26)29-22)16-3-6-19-17(13-16)7-8-28-24(19)31;3-2(4,5)1(6)7/h1-6,13-14,27H,7-12H2,(H2,26,29)(H,28,31);(H,6,7). The van der Waals surface area contributed by atoms with Gasteiger partial charge in [0.2, 0.25) is 5.95 Å². The molecule has 200 valence electrons. The average molecular weight is 532 g/mol. The first-order valence-corrected chi connectivity index (χ1v) is 11.8. The van der Waals surface area contributed by atoms with Crippen molar-refractivity contribution in [1.82, 2.24) is 15.6 Å². The van der Waals surface area contributed by atoms with Gasteiger partial charge in [-0.15, -0.1) is 0 Å². The van der Waals surface area contributed by atoms with Crippen LogP contribution in [-0.2, 0) is 11.2 Å². The molecule has 0 radical (unpaired) electrons. The van der Waals surface area contributed by atoms with E-state index in [1.807, 2.05) is 36.4 Å². The molecule has 1 fully saturated rings. The molecule has 0 atom stereocenters. The van der Waals surface area contributed by atoms with E-state index in [1.165, 1.54) is 0 Å². The van der Waals surface area contributed by atoms with Crippen LogP contribution in [0.3, 0.4) is 0 Å². The van der Waals surface area contributed by atoms with Crippen molar-refractivity contribution >= 4 is 23.4 Å². The number of nitrogen functional groups attached to an aromatic ring is 1. The zero-order valence-electron chi connectivity index (χ0n) is 20.1. The SMILES string of the molecule is Nc1nc(F)c(-c2ccc(N3CCNCC3)cc2)cc1-c1ccc2c(c1)CCNC2=O.O=C(O)C(F)(F)F. The second kappa shape index (κ2) is 11.1. The van der Waals surface area contributed by atoms with Gasteiger partial charge >= 0.3 is 12.1 Å². The molecule has 0 unspecified atom stereocenters. The smallest absolute Gasteiger partial charge is 0.475 e. The number of amides is 1. The number of nitrogens with zero attached hydrogens (tertiary/aromatic N) is 2. The van der Waals surface area contributed by atoms with E-state index in [4.69, 9.17) is 15.6 Å². The quantitative estimate of drug-likeness (QED) is 0.302. The van der Waals surface area contributed by atoms with Crippen molar-refractivity contribution in [2.45, 2.75) is 12.6 Å². The maximum atomic E-state index is 14.7. The van der Waals surface area contributed by atoms with Crippen molar-refractivity contribution in [2.24, 2.45) is 0 Å². The number of rotatable bonds is 3. The zero-order chi connectivity index (χ0) is 27.4. The van der Waals surface area contributed by atoms with Gasteiger partial charge in [-0.3, -0.25) is 4.79 Å². The minimum absolute atomic E-state index is 0.0664. The zero-order valence-corrected chi connectivity index (χ0v) is 20.1. The summed E-state index contributed by atoms with van der Waals surface area (Å²) in [6.07, 6.45) is -4.33. The molecule has 2 aliphatic rings. The van der Waals surface area contributed by atoms with E-state index in [9.17, 15) is 22.4 Å². The van der Waals surface area contributed by atoms with Gasteiger partial charge in [-0.1, -0.05) is 24.3 Å². The highest BCUT2D eigenvalue weighted by molar-refractivity contribution is 5.97. The van der Waals surface area contributed by atoms with E-state index in [1.54, 1.807) is 12.1 Å². The number of fused-ring (bicyclic) bond motifs is 1. The number of hydrogen-bond donors (Lipinski definition) is 4. The maximum absolute atomic E-state index is 14.7. The van der Waals surface area contributed by atoms with Gasteiger partial charge in [0.1, 0.15) is 5.82 Å². The lowest BCUT2D eigenvalue weighted by Gasteiger charge is -2.29. The number of nitrogens with one attached hydrogen (secondary N) is 2. The lowest BCUT2D eigenvalue weighted by molar-refractivity contribution is -0.192. The molecular formula is C26H25F4N5O3. The molecule has 12 heteroatoms. The second-order valence-electron chi connectivity index (χ2n) is 8.72. The first kappa shape index (κ1) is 26.9. The Kier molecular flexibility index (Phi) is 7.81. The third-order valence-corrected chi connectivity index (χ3v) is 6.25. The maximum Gasteiger partial charge on any atom is 0.490 e. The second-order valence-corrected chi connectivity index (χ2v) is 8.72. The molecule has 3 aromatic rings. The van der Waals surface area contributed by atoms with Crippen molar-refractivity contribution in [1.29, 1.82) is 0 Å². The van der Waals surface area contributed by atoms with Gasteiger partial charge in [0.15, 0.2) is 0 Å². The van der Waals surface area contributed by atoms with Gasteiger partial charge in [-0.2, -0.15) is 17.6 Å². The molecule has 1 amide bonds. The Morgan fingerprint density at radius 2 is 1.58 bits per heavy atom. The summed E-state index contributed by atoms with van der Waals surface area (Å²) >= 11 is 0. The molecule has 8 nitrogen and oxygen atoms in total. The molecule has 1 saturated heterocycles. The number of pyridine rings is 1. The summed E-state index contributed by atoms with van der Waals surface area (Å²) in [4.78, 5) is 27.2. The highest BCUT2D eigenvalue weighted by Crippen LogP contribution is 2.34. The van der Waals surface area contributed by atoms with Crippen molar-refractivity contribution in [3.05, 3.63) is 65.6 Å². The fourth-order valence-corrected chi connectivity index (χ4v) is 4.31. The van der Waals surface area contributed by atoms with E-state index in [0.717, 1.165) is 55.0 Å². The van der Waals surface area contributed by atoms with Gasteiger partial charge in [-0.05, 0) is 47.4 Å². The number of nitrogens with two attached hydrogens (primary N) is 1. The number of carboxylic acid groups (broad SMARTS) is 1. The number of carbonyl (C=O) groups is 2. The van der Waals surface area contributed by atoms with Crippen LogP contribution in [0.4, 0.5) is 29.1 Å². The summed E-state index contributed by atoms with van der Waals surface area (Å²) in [7, 11) is 0. The van der Waals surface area contributed by atoms with Crippen LogP contribution in [0, 0.1) is 5.95 Å². The van der Waals surface area contributed by atoms with Gasteiger partial charge in [0.25, 0.3) is 5.91 Å². The van der Waals surface area contributed by atoms with Crippen LogP contribution in [0.15, 0.2) is 48.5 Å². The van der Waals surface area contributed by atoms with E-state index >= 15 is 0 Å². The molecule has 0 spiro atoms. The molecule has 5 N–H and O–H groups in total. The minimum atomic E-state index is -5.08. The van der Waals surface area contributed by atoms with Crippen LogP contribution < -0.4 is 21.3 Å². The van der Waals surface area contributed by atoms with Gasteiger partial charge in [-0.25, -0.2) is 9.78 Å². The van der Waals surface area contributed by atoms with Gasteiger partial charge < -0.3 is 26.4 Å². The topological polar surface area (TPSA) is 121 Å². The molecule has 2 aromatic carbocycles. The molecule has 0 aliphatic carbocycles. The third-order valence-electron chi connectivity index (χ3n) is 6.25. The number of benzene rings is 2. The number of halogens is 4. The fourth-order valence-electron chi connectivity index (χ4n) is 4.31. The summed E-state index contributed by atoms with van der Waals surface area (Å²) < 4.78 is 46.5. The Morgan fingerprint density at radius 3 is 2.21 bits per heavy atom. The van der Waals surface area contributed by atoms with E-state index in [0.29, 0.717) is 23.2 Å². The molecular weight excluding hydrogens is 506 g/mol. The number of anilines is 2. The Morgan fingerprint density at radius 1 is 0.947 bits per heavy atom. The van der Waals surface area contributed by atoms with Crippen molar-refractivity contribution in [3.8, 4) is 22.3 Å². The van der Waals surface area contributed by atoms with Crippen LogP contribution in [0.2, 0.25) is 0 Å². The Labute approximate surface area is 215 Å². The number of piperazine rings is 1. The van der Waals surface area contributed by atoms with Gasteiger partial charge in [0.05, 0.1) is 0 Å². The van der Waals surface area contributed by atoms with Crippen molar-refractivity contribution < 1.29 is 32.3 Å². The predicted octanol–water partition coefficient (Wildman–Crippen LogP) is 3.47. The number of hydrogen-bond acceptors (Lipinski definition) is 6. The van der Waals surface area contributed by atoms with Crippen LogP contribution in [0.5, 0.6) is 0 Å². The molecule has 3 heterocycles. The molecule has 0 saturated carbocycles. The molecule has 5 rings (SSSR count). The summed E-state index contributed by atoms with van der Waals surface area (Å²) in [6, 6.07) is 15.2. The highest BCUT2D eigenvalue weighted by atomic mass is 19.4. The predicted molar refractivity (Wildman–Crippen MR) is 134 cm³/mol. The summed E-state index contributed by atoms with van der Waals surface area (Å²) in [5, 5.41) is 13.3. The average Bonchev–Trinajstić information content (AvgIpc) is 2.89. The van der Waals surface area contributed by atoms with Crippen LogP contribution in [0.1, 0.15) is 15.9 Å². The monoisotopic (exact) mass is 531 g/mol. The normalized spacial score (nSPS) is 15.2. The number of aromatic nitrogens is 1. The van der Waals surface area contributed by atoms with Crippen molar-refractivity contribution in [2.75, 3.05) is 43.4 Å². The lowest BCUT2D eigenvalue weighted by atomic mass is 9.94.